The number of nitrogens with zero attached hydrogens (tertiary/aromatic N) is 2. The maximum absolute atomic E-state index is 6.11. The minimum absolute atomic E-state index is 0.259. The van der Waals surface area contributed by atoms with Crippen LogP contribution in [0.25, 0.3) is 0 Å². The summed E-state index contributed by atoms with van der Waals surface area (Å²) in [4.78, 5) is 5.08. The van der Waals surface area contributed by atoms with E-state index in [0.29, 0.717) is 6.04 Å². The number of nitrogens with two attached hydrogens (primary N) is 1. The summed E-state index contributed by atoms with van der Waals surface area (Å²) in [6.07, 6.45) is 5.18. The Morgan fingerprint density at radius 2 is 1.59 bits per heavy atom. The molecule has 0 unspecified atom stereocenters. The summed E-state index contributed by atoms with van der Waals surface area (Å²) < 4.78 is 0. The number of anilines is 1. The number of hydrogen-bond acceptors (Lipinski definition) is 3. The van der Waals surface area contributed by atoms with Crippen LogP contribution in [0.5, 0.6) is 0 Å². The lowest BCUT2D eigenvalue weighted by Gasteiger charge is -2.38. The van der Waals surface area contributed by atoms with E-state index in [1.807, 2.05) is 0 Å². The van der Waals surface area contributed by atoms with Crippen LogP contribution in [0.15, 0.2) is 24.3 Å². The Morgan fingerprint density at radius 1 is 1.00 bits per heavy atom. The molecule has 1 saturated carbocycles. The van der Waals surface area contributed by atoms with Gasteiger partial charge in [0.25, 0.3) is 0 Å². The average molecular weight is 301 g/mol. The van der Waals surface area contributed by atoms with E-state index < -0.39 is 0 Å². The Kier molecular flexibility index (Phi) is 4.74. The Hall–Kier alpha value is -1.06. The monoisotopic (exact) mass is 301 g/mol. The first-order valence-electron chi connectivity index (χ1n) is 8.94. The van der Waals surface area contributed by atoms with E-state index in [1.165, 1.54) is 50.0 Å². The van der Waals surface area contributed by atoms with Gasteiger partial charge < -0.3 is 10.6 Å². The molecular formula is C19H31N3. The van der Waals surface area contributed by atoms with Crippen LogP contribution in [0.1, 0.15) is 45.1 Å². The third-order valence-electron chi connectivity index (χ3n) is 5.84. The topological polar surface area (TPSA) is 32.5 Å². The van der Waals surface area contributed by atoms with E-state index in [1.54, 1.807) is 0 Å². The molecule has 1 aromatic rings. The maximum atomic E-state index is 6.11. The van der Waals surface area contributed by atoms with E-state index in [-0.39, 0.29) is 5.41 Å². The Morgan fingerprint density at radius 3 is 2.09 bits per heavy atom. The fourth-order valence-corrected chi connectivity index (χ4v) is 4.18. The van der Waals surface area contributed by atoms with Crippen LogP contribution in [0, 0.1) is 0 Å². The predicted molar refractivity (Wildman–Crippen MR) is 94.6 cm³/mol. The third-order valence-corrected chi connectivity index (χ3v) is 5.84. The van der Waals surface area contributed by atoms with Gasteiger partial charge in [0.05, 0.1) is 0 Å². The zero-order chi connectivity index (χ0) is 15.6. The lowest BCUT2D eigenvalue weighted by molar-refractivity contribution is 0.209. The van der Waals surface area contributed by atoms with E-state index >= 15 is 0 Å². The first kappa shape index (κ1) is 15.8. The highest BCUT2D eigenvalue weighted by Gasteiger charge is 2.34. The highest BCUT2D eigenvalue weighted by atomic mass is 15.3. The Bertz CT molecular complexity index is 466. The summed E-state index contributed by atoms with van der Waals surface area (Å²) in [6, 6.07) is 9.97. The van der Waals surface area contributed by atoms with Gasteiger partial charge in [-0.1, -0.05) is 25.0 Å². The molecule has 0 spiro atoms. The second-order valence-corrected chi connectivity index (χ2v) is 7.36. The minimum atomic E-state index is 0.259. The lowest BCUT2D eigenvalue weighted by Crippen LogP contribution is -2.48. The molecule has 1 aromatic carbocycles. The van der Waals surface area contributed by atoms with Crippen molar-refractivity contribution in [3.63, 3.8) is 0 Å². The highest BCUT2D eigenvalue weighted by molar-refractivity contribution is 5.49. The molecule has 0 aromatic heterocycles. The van der Waals surface area contributed by atoms with Crippen LogP contribution in [-0.2, 0) is 5.41 Å². The van der Waals surface area contributed by atoms with Gasteiger partial charge in [-0.05, 0) is 44.4 Å². The minimum Gasteiger partial charge on any atom is -0.369 e. The first-order valence-corrected chi connectivity index (χ1v) is 8.94. The van der Waals surface area contributed by atoms with Crippen LogP contribution in [0.2, 0.25) is 0 Å². The quantitative estimate of drug-likeness (QED) is 0.928. The maximum Gasteiger partial charge on any atom is 0.0367 e. The van der Waals surface area contributed by atoms with E-state index in [0.717, 1.165) is 19.6 Å². The number of hydrogen-bond donors (Lipinski definition) is 1. The number of rotatable bonds is 4. The summed E-state index contributed by atoms with van der Waals surface area (Å²) in [5, 5.41) is 0. The van der Waals surface area contributed by atoms with E-state index in [2.05, 4.69) is 47.9 Å². The van der Waals surface area contributed by atoms with Gasteiger partial charge in [-0.2, -0.15) is 0 Å². The van der Waals surface area contributed by atoms with Gasteiger partial charge in [0.1, 0.15) is 0 Å². The fourth-order valence-electron chi connectivity index (χ4n) is 4.18. The van der Waals surface area contributed by atoms with Crippen molar-refractivity contribution in [1.82, 2.24) is 4.90 Å². The molecule has 1 saturated heterocycles. The van der Waals surface area contributed by atoms with Crippen molar-refractivity contribution >= 4 is 5.69 Å². The van der Waals surface area contributed by atoms with Crippen molar-refractivity contribution < 1.29 is 0 Å². The summed E-state index contributed by atoms with van der Waals surface area (Å²) in [5.41, 5.74) is 9.20. The largest absolute Gasteiger partial charge is 0.369 e. The van der Waals surface area contributed by atoms with Gasteiger partial charge in [0.2, 0.25) is 0 Å². The fraction of sp³-hybridized carbons (Fsp3) is 0.684. The van der Waals surface area contributed by atoms with Crippen molar-refractivity contribution in [2.45, 2.75) is 51.0 Å². The van der Waals surface area contributed by atoms with Crippen molar-refractivity contribution in [3.8, 4) is 0 Å². The van der Waals surface area contributed by atoms with Gasteiger partial charge >= 0.3 is 0 Å². The molecule has 2 fully saturated rings. The molecule has 0 amide bonds. The van der Waals surface area contributed by atoms with Crippen molar-refractivity contribution in [1.29, 1.82) is 0 Å². The first-order chi connectivity index (χ1) is 10.6. The SMILES string of the molecule is CC(C)N1CCN(c2ccc(C3(CN)CCCC3)cc2)CC1. The molecule has 1 heterocycles. The summed E-state index contributed by atoms with van der Waals surface area (Å²) >= 11 is 0. The molecular weight excluding hydrogens is 270 g/mol. The summed E-state index contributed by atoms with van der Waals surface area (Å²) in [6.45, 7) is 9.99. The Labute approximate surface area is 135 Å². The summed E-state index contributed by atoms with van der Waals surface area (Å²) in [7, 11) is 0. The molecule has 2 N–H and O–H groups in total. The van der Waals surface area contributed by atoms with Gasteiger partial charge in [-0.15, -0.1) is 0 Å². The normalized spacial score (nSPS) is 22.5. The molecule has 1 aliphatic carbocycles. The zero-order valence-electron chi connectivity index (χ0n) is 14.2. The van der Waals surface area contributed by atoms with Crippen LogP contribution in [0.3, 0.4) is 0 Å². The van der Waals surface area contributed by atoms with Crippen molar-refractivity contribution in [2.24, 2.45) is 5.73 Å². The molecule has 1 aliphatic heterocycles. The molecule has 3 rings (SSSR count). The molecule has 2 aliphatic rings. The molecule has 3 nitrogen and oxygen atoms in total. The smallest absolute Gasteiger partial charge is 0.0367 e. The van der Waals surface area contributed by atoms with Crippen LogP contribution in [-0.4, -0.2) is 43.7 Å². The molecule has 0 radical (unpaired) electrons. The molecule has 122 valence electrons. The molecule has 0 bridgehead atoms. The standard InChI is InChI=1S/C19H31N3/c1-16(2)21-11-13-22(14-12-21)18-7-5-17(6-8-18)19(15-20)9-3-4-10-19/h5-8,16H,3-4,9-15,20H2,1-2H3. The average Bonchev–Trinajstić information content (AvgIpc) is 3.05. The van der Waals surface area contributed by atoms with Gasteiger partial charge in [0.15, 0.2) is 0 Å². The van der Waals surface area contributed by atoms with Gasteiger partial charge in [-0.3, -0.25) is 4.90 Å². The molecule has 22 heavy (non-hydrogen) atoms. The predicted octanol–water partition coefficient (Wildman–Crippen LogP) is 2.99. The molecule has 0 atom stereocenters. The summed E-state index contributed by atoms with van der Waals surface area (Å²) in [5.74, 6) is 0. The van der Waals surface area contributed by atoms with Gasteiger partial charge in [-0.25, -0.2) is 0 Å². The van der Waals surface area contributed by atoms with Crippen LogP contribution >= 0.6 is 0 Å². The third kappa shape index (κ3) is 3.02. The second-order valence-electron chi connectivity index (χ2n) is 7.36. The second kappa shape index (κ2) is 6.59. The van der Waals surface area contributed by atoms with Crippen LogP contribution in [0.4, 0.5) is 5.69 Å². The van der Waals surface area contributed by atoms with E-state index in [9.17, 15) is 0 Å². The number of piperazine rings is 1. The van der Waals surface area contributed by atoms with Gasteiger partial charge in [0, 0.05) is 49.9 Å². The van der Waals surface area contributed by atoms with Crippen molar-refractivity contribution in [3.05, 3.63) is 29.8 Å². The van der Waals surface area contributed by atoms with Crippen molar-refractivity contribution in [2.75, 3.05) is 37.6 Å². The van der Waals surface area contributed by atoms with Crippen LogP contribution < -0.4 is 10.6 Å². The van der Waals surface area contributed by atoms with E-state index in [4.69, 9.17) is 5.73 Å². The Balaban J connectivity index is 1.67. The zero-order valence-corrected chi connectivity index (χ0v) is 14.2. The molecule has 3 heteroatoms. The lowest BCUT2D eigenvalue weighted by atomic mass is 9.79. The highest BCUT2D eigenvalue weighted by Crippen LogP contribution is 2.40. The number of benzene rings is 1.